The molecule has 0 amide bonds. The molecule has 2 saturated carbocycles. The van der Waals surface area contributed by atoms with Gasteiger partial charge in [-0.3, -0.25) is 0 Å². The zero-order valence-corrected chi connectivity index (χ0v) is 19.1. The molecular formula is C28H37F3. The summed E-state index contributed by atoms with van der Waals surface area (Å²) in [5, 5.41) is 0. The van der Waals surface area contributed by atoms with Gasteiger partial charge < -0.3 is 0 Å². The molecule has 0 bridgehead atoms. The van der Waals surface area contributed by atoms with E-state index in [9.17, 15) is 13.2 Å². The van der Waals surface area contributed by atoms with Crippen LogP contribution in [0.1, 0.15) is 83.6 Å². The summed E-state index contributed by atoms with van der Waals surface area (Å²) < 4.78 is 40.4. The van der Waals surface area contributed by atoms with Crippen molar-refractivity contribution in [2.45, 2.75) is 78.1 Å². The van der Waals surface area contributed by atoms with E-state index in [-0.39, 0.29) is 0 Å². The van der Waals surface area contributed by atoms with Gasteiger partial charge in [-0.15, -0.1) is 0 Å². The highest BCUT2D eigenvalue weighted by molar-refractivity contribution is 5.74. The molecule has 0 nitrogen and oxygen atoms in total. The van der Waals surface area contributed by atoms with Gasteiger partial charge in [-0.2, -0.15) is 0 Å². The van der Waals surface area contributed by atoms with Crippen molar-refractivity contribution in [1.29, 1.82) is 0 Å². The Balaban J connectivity index is 1.57. The van der Waals surface area contributed by atoms with Crippen LogP contribution in [0.15, 0.2) is 42.5 Å². The molecular weight excluding hydrogens is 393 g/mol. The highest BCUT2D eigenvalue weighted by Crippen LogP contribution is 2.43. The Bertz CT molecular complexity index is 781. The van der Waals surface area contributed by atoms with Gasteiger partial charge in [-0.25, -0.2) is 13.2 Å². The maximum Gasteiger partial charge on any atom is 0.194 e. The number of benzene rings is 1. The van der Waals surface area contributed by atoms with E-state index in [1.54, 1.807) is 6.08 Å². The summed E-state index contributed by atoms with van der Waals surface area (Å²) >= 11 is 0. The lowest BCUT2D eigenvalue weighted by atomic mass is 9.68. The molecule has 3 rings (SSSR count). The van der Waals surface area contributed by atoms with Crippen molar-refractivity contribution < 1.29 is 13.2 Å². The van der Waals surface area contributed by atoms with Crippen molar-refractivity contribution in [3.8, 4) is 0 Å². The molecule has 0 atom stereocenters. The van der Waals surface area contributed by atoms with Gasteiger partial charge in [0.05, 0.1) is 0 Å². The topological polar surface area (TPSA) is 0 Å². The monoisotopic (exact) mass is 430 g/mol. The molecule has 2 fully saturated rings. The molecule has 0 unspecified atom stereocenters. The standard InChI is InChI=1S/C28H37F3/c1-4-6-20-8-11-23(12-9-20)24-15-13-22(14-16-24)19(3)7-10-21(5-2)25-17-26(29)28(31)27(30)18-25/h5,7,10,17-18,20,22-24H,2,4,6,8-9,11-16H2,1,3H3/b19-7+,21-10+. The molecule has 0 N–H and O–H groups in total. The van der Waals surface area contributed by atoms with E-state index in [1.165, 1.54) is 69.8 Å². The van der Waals surface area contributed by atoms with Gasteiger partial charge in [0.2, 0.25) is 0 Å². The van der Waals surface area contributed by atoms with Crippen LogP contribution in [0.3, 0.4) is 0 Å². The van der Waals surface area contributed by atoms with E-state index in [2.05, 4.69) is 20.4 Å². The van der Waals surface area contributed by atoms with E-state index < -0.39 is 17.5 Å². The van der Waals surface area contributed by atoms with Gasteiger partial charge in [0.1, 0.15) is 0 Å². The van der Waals surface area contributed by atoms with Crippen LogP contribution in [-0.2, 0) is 0 Å². The zero-order chi connectivity index (χ0) is 22.4. The molecule has 2 aliphatic carbocycles. The quantitative estimate of drug-likeness (QED) is 0.299. The molecule has 0 aliphatic heterocycles. The maximum atomic E-state index is 13.6. The predicted octanol–water partition coefficient (Wildman–Crippen LogP) is 9.03. The van der Waals surface area contributed by atoms with E-state index in [1.807, 2.05) is 12.2 Å². The van der Waals surface area contributed by atoms with Crippen molar-refractivity contribution >= 4 is 5.57 Å². The summed E-state index contributed by atoms with van der Waals surface area (Å²) in [6.45, 7) is 8.19. The molecule has 0 heterocycles. The minimum Gasteiger partial charge on any atom is -0.204 e. The largest absolute Gasteiger partial charge is 0.204 e. The lowest BCUT2D eigenvalue weighted by molar-refractivity contribution is 0.150. The fourth-order valence-electron chi connectivity index (χ4n) is 5.76. The molecule has 31 heavy (non-hydrogen) atoms. The van der Waals surface area contributed by atoms with Gasteiger partial charge in [-0.1, -0.05) is 63.0 Å². The third-order valence-corrected chi connectivity index (χ3v) is 7.73. The summed E-state index contributed by atoms with van der Waals surface area (Å²) in [4.78, 5) is 0. The summed E-state index contributed by atoms with van der Waals surface area (Å²) in [5.74, 6) is -0.441. The molecule has 0 saturated heterocycles. The third-order valence-electron chi connectivity index (χ3n) is 7.73. The third kappa shape index (κ3) is 6.14. The summed E-state index contributed by atoms with van der Waals surface area (Å²) in [7, 11) is 0. The predicted molar refractivity (Wildman–Crippen MR) is 124 cm³/mol. The second kappa shape index (κ2) is 11.2. The minimum atomic E-state index is -1.44. The number of rotatable bonds is 7. The molecule has 1 aromatic carbocycles. The van der Waals surface area contributed by atoms with Gasteiger partial charge in [0.15, 0.2) is 17.5 Å². The van der Waals surface area contributed by atoms with E-state index in [0.29, 0.717) is 17.1 Å². The smallest absolute Gasteiger partial charge is 0.194 e. The van der Waals surface area contributed by atoms with E-state index >= 15 is 0 Å². The van der Waals surface area contributed by atoms with Crippen molar-refractivity contribution in [2.75, 3.05) is 0 Å². The van der Waals surface area contributed by atoms with E-state index in [4.69, 9.17) is 0 Å². The Morgan fingerprint density at radius 2 is 1.45 bits per heavy atom. The van der Waals surface area contributed by atoms with Crippen LogP contribution in [0.25, 0.3) is 5.57 Å². The molecule has 0 aromatic heterocycles. The van der Waals surface area contributed by atoms with Crippen LogP contribution in [0, 0.1) is 41.1 Å². The first-order chi connectivity index (χ1) is 14.9. The Morgan fingerprint density at radius 1 is 0.903 bits per heavy atom. The maximum absolute atomic E-state index is 13.6. The summed E-state index contributed by atoms with van der Waals surface area (Å²) in [6.07, 6.45) is 18.9. The minimum absolute atomic E-state index is 0.304. The molecule has 3 heteroatoms. The zero-order valence-electron chi connectivity index (χ0n) is 19.1. The SMILES string of the molecule is C=C/C(=C\C=C(/C)C1CCC(C2CCC(CCC)CC2)CC1)c1cc(F)c(F)c(F)c1. The lowest BCUT2D eigenvalue weighted by Gasteiger charge is -2.38. The molecule has 1 aromatic rings. The van der Waals surface area contributed by atoms with Gasteiger partial charge in [0, 0.05) is 0 Å². The first-order valence-corrected chi connectivity index (χ1v) is 12.1. The number of allylic oxidation sites excluding steroid dienone is 5. The van der Waals surface area contributed by atoms with Crippen molar-refractivity contribution in [2.24, 2.45) is 23.7 Å². The highest BCUT2D eigenvalue weighted by atomic mass is 19.2. The van der Waals surface area contributed by atoms with E-state index in [0.717, 1.165) is 29.9 Å². The Hall–Kier alpha value is -1.77. The van der Waals surface area contributed by atoms with Crippen LogP contribution in [0.4, 0.5) is 13.2 Å². The second-order valence-corrected chi connectivity index (χ2v) is 9.67. The van der Waals surface area contributed by atoms with Crippen LogP contribution >= 0.6 is 0 Å². The van der Waals surface area contributed by atoms with Crippen LogP contribution in [-0.4, -0.2) is 0 Å². The fraction of sp³-hybridized carbons (Fsp3) is 0.571. The average molecular weight is 431 g/mol. The number of hydrogen-bond acceptors (Lipinski definition) is 0. The van der Waals surface area contributed by atoms with Crippen molar-refractivity contribution in [1.82, 2.24) is 0 Å². The molecule has 0 spiro atoms. The van der Waals surface area contributed by atoms with Crippen LogP contribution in [0.5, 0.6) is 0 Å². The van der Waals surface area contributed by atoms with Crippen molar-refractivity contribution in [3.63, 3.8) is 0 Å². The molecule has 0 radical (unpaired) electrons. The summed E-state index contributed by atoms with van der Waals surface area (Å²) in [5.41, 5.74) is 2.19. The van der Waals surface area contributed by atoms with Crippen LogP contribution in [0.2, 0.25) is 0 Å². The normalized spacial score (nSPS) is 27.9. The van der Waals surface area contributed by atoms with Crippen LogP contribution < -0.4 is 0 Å². The van der Waals surface area contributed by atoms with Gasteiger partial charge in [0.25, 0.3) is 0 Å². The first-order valence-electron chi connectivity index (χ1n) is 12.1. The van der Waals surface area contributed by atoms with Gasteiger partial charge in [-0.05, 0) is 92.4 Å². The van der Waals surface area contributed by atoms with Crippen molar-refractivity contribution in [3.05, 3.63) is 65.5 Å². The second-order valence-electron chi connectivity index (χ2n) is 9.67. The lowest BCUT2D eigenvalue weighted by Crippen LogP contribution is -2.26. The average Bonchev–Trinajstić information content (AvgIpc) is 2.78. The highest BCUT2D eigenvalue weighted by Gasteiger charge is 2.30. The summed E-state index contributed by atoms with van der Waals surface area (Å²) in [6, 6.07) is 2.05. The number of halogens is 3. The Morgan fingerprint density at radius 3 is 1.97 bits per heavy atom. The first kappa shape index (κ1) is 23.9. The Kier molecular flexibility index (Phi) is 8.63. The molecule has 2 aliphatic rings. The fourth-order valence-corrected chi connectivity index (χ4v) is 5.76. The van der Waals surface area contributed by atoms with Gasteiger partial charge >= 0.3 is 0 Å². The Labute approximate surface area is 186 Å². The number of hydrogen-bond donors (Lipinski definition) is 0. The molecule has 170 valence electrons.